The lowest BCUT2D eigenvalue weighted by Crippen LogP contribution is -2.26. The molecule has 1 aromatic carbocycles. The highest BCUT2D eigenvalue weighted by atomic mass is 32.2. The molecule has 1 saturated carbocycles. The summed E-state index contributed by atoms with van der Waals surface area (Å²) in [4.78, 5) is 10.8. The van der Waals surface area contributed by atoms with Crippen LogP contribution < -0.4 is 0 Å². The first-order chi connectivity index (χ1) is 7.93. The van der Waals surface area contributed by atoms with Gasteiger partial charge in [-0.1, -0.05) is 0 Å². The number of carbonyl (C=O) groups excluding carboxylic acids is 1. The molecule has 1 unspecified atom stereocenters. The van der Waals surface area contributed by atoms with Gasteiger partial charge in [0.05, 0.1) is 0 Å². The van der Waals surface area contributed by atoms with Gasteiger partial charge in [-0.2, -0.15) is 0 Å². The Labute approximate surface area is 97.4 Å². The van der Waals surface area contributed by atoms with Gasteiger partial charge in [0.15, 0.2) is 15.6 Å². The Kier molecular flexibility index (Phi) is 2.99. The summed E-state index contributed by atoms with van der Waals surface area (Å²) in [6.07, 6.45) is 0.899. The van der Waals surface area contributed by atoms with Crippen LogP contribution in [0.2, 0.25) is 0 Å². The first-order valence-electron chi connectivity index (χ1n) is 5.14. The Morgan fingerprint density at radius 1 is 1.24 bits per heavy atom. The van der Waals surface area contributed by atoms with E-state index < -0.39 is 37.4 Å². The molecule has 1 fully saturated rings. The van der Waals surface area contributed by atoms with Crippen molar-refractivity contribution in [1.82, 2.24) is 0 Å². The van der Waals surface area contributed by atoms with Crippen LogP contribution in [-0.2, 0) is 14.6 Å². The summed E-state index contributed by atoms with van der Waals surface area (Å²) in [5.41, 5.74) is 0. The molecule has 0 aliphatic heterocycles. The Morgan fingerprint density at radius 3 is 2.47 bits per heavy atom. The molecule has 1 aliphatic rings. The van der Waals surface area contributed by atoms with Crippen molar-refractivity contribution in [2.45, 2.75) is 29.4 Å². The molecule has 0 bridgehead atoms. The Bertz CT molecular complexity index is 566. The van der Waals surface area contributed by atoms with Crippen molar-refractivity contribution in [3.8, 4) is 0 Å². The smallest absolute Gasteiger partial charge is 0.191 e. The van der Waals surface area contributed by atoms with E-state index >= 15 is 0 Å². The average molecular weight is 260 g/mol. The van der Waals surface area contributed by atoms with Crippen LogP contribution in [0.4, 0.5) is 8.78 Å². The molecule has 1 aliphatic carbocycles. The number of halogens is 2. The fourth-order valence-corrected chi connectivity index (χ4v) is 3.81. The number of hydrogen-bond acceptors (Lipinski definition) is 3. The zero-order valence-electron chi connectivity index (χ0n) is 8.82. The normalized spacial score (nSPS) is 20.8. The molecule has 0 radical (unpaired) electrons. The van der Waals surface area contributed by atoms with Crippen molar-refractivity contribution < 1.29 is 22.0 Å². The largest absolute Gasteiger partial charge is 0.298 e. The molecule has 0 saturated heterocycles. The highest BCUT2D eigenvalue weighted by Crippen LogP contribution is 2.28. The first kappa shape index (κ1) is 12.2. The maximum atomic E-state index is 13.4. The van der Waals surface area contributed by atoms with Crippen LogP contribution in [0.5, 0.6) is 0 Å². The second-order valence-electron chi connectivity index (χ2n) is 3.97. The molecule has 3 nitrogen and oxygen atoms in total. The summed E-state index contributed by atoms with van der Waals surface area (Å²) in [7, 11) is -4.03. The molecule has 6 heteroatoms. The minimum atomic E-state index is -4.03. The lowest BCUT2D eigenvalue weighted by atomic mass is 10.3. The summed E-state index contributed by atoms with van der Waals surface area (Å²) in [5.74, 6) is -2.39. The summed E-state index contributed by atoms with van der Waals surface area (Å²) >= 11 is 0. The molecule has 17 heavy (non-hydrogen) atoms. The van der Waals surface area contributed by atoms with Gasteiger partial charge in [-0.15, -0.1) is 0 Å². The molecule has 0 N–H and O–H groups in total. The van der Waals surface area contributed by atoms with E-state index in [0.717, 1.165) is 12.1 Å². The zero-order valence-corrected chi connectivity index (χ0v) is 9.64. The van der Waals surface area contributed by atoms with Gasteiger partial charge >= 0.3 is 0 Å². The standard InChI is InChI=1S/C11H10F2O3S/c12-7-4-5-10(8(13)6-7)17(15,16)11-3-1-2-9(11)14/h4-6,11H,1-3H2. The summed E-state index contributed by atoms with van der Waals surface area (Å²) in [5, 5.41) is -1.18. The van der Waals surface area contributed by atoms with E-state index in [-0.39, 0.29) is 12.8 Å². The molecular formula is C11H10F2O3S. The van der Waals surface area contributed by atoms with E-state index in [1.807, 2.05) is 0 Å². The van der Waals surface area contributed by atoms with Crippen LogP contribution in [-0.4, -0.2) is 19.5 Å². The van der Waals surface area contributed by atoms with E-state index in [4.69, 9.17) is 0 Å². The second-order valence-corrected chi connectivity index (χ2v) is 6.07. The third-order valence-corrected chi connectivity index (χ3v) is 5.02. The van der Waals surface area contributed by atoms with E-state index in [1.54, 1.807) is 0 Å². The molecule has 0 spiro atoms. The van der Waals surface area contributed by atoms with Gasteiger partial charge in [0.25, 0.3) is 0 Å². The highest BCUT2D eigenvalue weighted by Gasteiger charge is 2.38. The SMILES string of the molecule is O=C1CCCC1S(=O)(=O)c1ccc(F)cc1F. The number of ketones is 1. The minimum Gasteiger partial charge on any atom is -0.298 e. The third kappa shape index (κ3) is 2.09. The third-order valence-electron chi connectivity index (χ3n) is 2.82. The average Bonchev–Trinajstić information content (AvgIpc) is 2.64. The highest BCUT2D eigenvalue weighted by molar-refractivity contribution is 7.92. The van der Waals surface area contributed by atoms with Gasteiger partial charge in [-0.3, -0.25) is 4.79 Å². The van der Waals surface area contributed by atoms with Crippen molar-refractivity contribution in [2.24, 2.45) is 0 Å². The van der Waals surface area contributed by atoms with Crippen LogP contribution in [0.1, 0.15) is 19.3 Å². The van der Waals surface area contributed by atoms with Crippen molar-refractivity contribution >= 4 is 15.6 Å². The van der Waals surface area contributed by atoms with E-state index in [2.05, 4.69) is 0 Å². The number of benzene rings is 1. The maximum absolute atomic E-state index is 13.4. The van der Waals surface area contributed by atoms with E-state index in [0.29, 0.717) is 12.5 Å². The van der Waals surface area contributed by atoms with Crippen LogP contribution >= 0.6 is 0 Å². The molecule has 1 aromatic rings. The predicted octanol–water partition coefficient (Wildman–Crippen LogP) is 1.86. The Hall–Kier alpha value is -1.30. The molecule has 92 valence electrons. The number of rotatable bonds is 2. The molecular weight excluding hydrogens is 250 g/mol. The van der Waals surface area contributed by atoms with Gasteiger partial charge in [0.1, 0.15) is 21.8 Å². The molecule has 2 rings (SSSR count). The summed E-state index contributed by atoms with van der Waals surface area (Å²) < 4.78 is 50.1. The van der Waals surface area contributed by atoms with Gasteiger partial charge in [-0.05, 0) is 25.0 Å². The first-order valence-corrected chi connectivity index (χ1v) is 6.69. The molecule has 1 atom stereocenters. The summed E-state index contributed by atoms with van der Waals surface area (Å²) in [6.45, 7) is 0. The predicted molar refractivity (Wildman–Crippen MR) is 56.2 cm³/mol. The fourth-order valence-electron chi connectivity index (χ4n) is 1.97. The van der Waals surface area contributed by atoms with Crippen molar-refractivity contribution in [3.63, 3.8) is 0 Å². The van der Waals surface area contributed by atoms with Gasteiger partial charge < -0.3 is 0 Å². The van der Waals surface area contributed by atoms with Crippen LogP contribution in [0.15, 0.2) is 23.1 Å². The Balaban J connectivity index is 2.48. The zero-order chi connectivity index (χ0) is 12.6. The lowest BCUT2D eigenvalue weighted by Gasteiger charge is -2.10. The van der Waals surface area contributed by atoms with Crippen molar-refractivity contribution in [2.75, 3.05) is 0 Å². The van der Waals surface area contributed by atoms with Crippen LogP contribution in [0.3, 0.4) is 0 Å². The van der Waals surface area contributed by atoms with Crippen molar-refractivity contribution in [3.05, 3.63) is 29.8 Å². The lowest BCUT2D eigenvalue weighted by molar-refractivity contribution is -0.117. The van der Waals surface area contributed by atoms with Crippen LogP contribution in [0, 0.1) is 11.6 Å². The Morgan fingerprint density at radius 2 is 1.94 bits per heavy atom. The van der Waals surface area contributed by atoms with Crippen LogP contribution in [0.25, 0.3) is 0 Å². The fraction of sp³-hybridized carbons (Fsp3) is 0.364. The molecule has 0 amide bonds. The number of sulfone groups is 1. The summed E-state index contributed by atoms with van der Waals surface area (Å²) in [6, 6.07) is 2.24. The van der Waals surface area contributed by atoms with Crippen molar-refractivity contribution in [1.29, 1.82) is 0 Å². The molecule has 0 aromatic heterocycles. The number of carbonyl (C=O) groups is 1. The monoisotopic (exact) mass is 260 g/mol. The topological polar surface area (TPSA) is 51.2 Å². The van der Waals surface area contributed by atoms with E-state index in [9.17, 15) is 22.0 Å². The second kappa shape index (κ2) is 4.18. The number of Topliss-reactive ketones (excluding diaryl/α,β-unsaturated/α-hetero) is 1. The van der Waals surface area contributed by atoms with E-state index in [1.165, 1.54) is 0 Å². The minimum absolute atomic E-state index is 0.201. The quantitative estimate of drug-likeness (QED) is 0.763. The number of hydrogen-bond donors (Lipinski definition) is 0. The van der Waals surface area contributed by atoms with Gasteiger partial charge in [0.2, 0.25) is 0 Å². The maximum Gasteiger partial charge on any atom is 0.191 e. The van der Waals surface area contributed by atoms with Gasteiger partial charge in [-0.25, -0.2) is 17.2 Å². The van der Waals surface area contributed by atoms with Gasteiger partial charge in [0, 0.05) is 12.5 Å². The molecule has 0 heterocycles.